The lowest BCUT2D eigenvalue weighted by molar-refractivity contribution is -0.0498. The number of aryl methyl sites for hydroxylation is 1. The van der Waals surface area contributed by atoms with E-state index in [1.54, 1.807) is 27.7 Å². The van der Waals surface area contributed by atoms with E-state index in [2.05, 4.69) is 15.0 Å². The molecule has 0 radical (unpaired) electrons. The summed E-state index contributed by atoms with van der Waals surface area (Å²) in [6.45, 7) is 3.81. The SMILES string of the molecule is Cc1[nH]c(C(=O)Nc2cccc(OC(F)F)c2)c(C)c1C(=O)OC(C)C. The van der Waals surface area contributed by atoms with Crippen LogP contribution in [-0.2, 0) is 4.74 Å². The summed E-state index contributed by atoms with van der Waals surface area (Å²) in [4.78, 5) is 27.5. The standard InChI is InChI=1S/C18H20F2N2O4/c1-9(2)25-17(24)14-10(3)15(21-11(14)4)16(23)22-12-6-5-7-13(8-12)26-18(19)20/h5-9,18,21H,1-4H3,(H,22,23). The highest BCUT2D eigenvalue weighted by Gasteiger charge is 2.23. The van der Waals surface area contributed by atoms with Gasteiger partial charge in [0, 0.05) is 17.4 Å². The van der Waals surface area contributed by atoms with Gasteiger partial charge < -0.3 is 19.8 Å². The summed E-state index contributed by atoms with van der Waals surface area (Å²) in [6, 6.07) is 5.65. The van der Waals surface area contributed by atoms with E-state index in [1.807, 2.05) is 0 Å². The van der Waals surface area contributed by atoms with Crippen LogP contribution in [0.4, 0.5) is 14.5 Å². The Balaban J connectivity index is 2.22. The molecule has 0 fully saturated rings. The maximum absolute atomic E-state index is 12.5. The first-order chi connectivity index (χ1) is 12.2. The average molecular weight is 366 g/mol. The zero-order chi connectivity index (χ0) is 19.4. The lowest BCUT2D eigenvalue weighted by atomic mass is 10.1. The monoisotopic (exact) mass is 366 g/mol. The number of ether oxygens (including phenoxy) is 2. The predicted molar refractivity (Wildman–Crippen MR) is 91.8 cm³/mol. The molecule has 0 aliphatic carbocycles. The van der Waals surface area contributed by atoms with Crippen molar-refractivity contribution in [2.75, 3.05) is 5.32 Å². The molecular formula is C18H20F2N2O4. The van der Waals surface area contributed by atoms with Crippen LogP contribution in [0.2, 0.25) is 0 Å². The molecule has 0 aliphatic rings. The molecule has 140 valence electrons. The van der Waals surface area contributed by atoms with E-state index in [9.17, 15) is 18.4 Å². The van der Waals surface area contributed by atoms with Gasteiger partial charge in [0.05, 0.1) is 11.7 Å². The minimum Gasteiger partial charge on any atom is -0.459 e. The lowest BCUT2D eigenvalue weighted by Gasteiger charge is -2.09. The number of hydrogen-bond acceptors (Lipinski definition) is 4. The molecule has 2 N–H and O–H groups in total. The molecule has 1 amide bonds. The fraction of sp³-hybridized carbons (Fsp3) is 0.333. The second-order valence-corrected chi connectivity index (χ2v) is 5.94. The third kappa shape index (κ3) is 4.59. The second-order valence-electron chi connectivity index (χ2n) is 5.94. The number of H-pyrrole nitrogens is 1. The molecule has 1 aromatic heterocycles. The van der Waals surface area contributed by atoms with Gasteiger partial charge in [0.25, 0.3) is 5.91 Å². The summed E-state index contributed by atoms with van der Waals surface area (Å²) in [5.41, 5.74) is 1.74. The van der Waals surface area contributed by atoms with Crippen LogP contribution >= 0.6 is 0 Å². The van der Waals surface area contributed by atoms with Gasteiger partial charge in [-0.1, -0.05) is 6.07 Å². The number of carbonyl (C=O) groups is 2. The molecule has 26 heavy (non-hydrogen) atoms. The zero-order valence-corrected chi connectivity index (χ0v) is 14.9. The Hall–Kier alpha value is -2.90. The van der Waals surface area contributed by atoms with Crippen LogP contribution in [0.1, 0.15) is 46.0 Å². The van der Waals surface area contributed by atoms with Crippen molar-refractivity contribution < 1.29 is 27.8 Å². The smallest absolute Gasteiger partial charge is 0.387 e. The number of halogens is 2. The summed E-state index contributed by atoms with van der Waals surface area (Å²) in [7, 11) is 0. The normalized spacial score (nSPS) is 10.9. The third-order valence-electron chi connectivity index (χ3n) is 3.53. The van der Waals surface area contributed by atoms with Gasteiger partial charge in [-0.2, -0.15) is 8.78 Å². The maximum Gasteiger partial charge on any atom is 0.387 e. The minimum absolute atomic E-state index is 0.0709. The van der Waals surface area contributed by atoms with Crippen molar-refractivity contribution in [3.05, 3.63) is 46.8 Å². The van der Waals surface area contributed by atoms with E-state index in [4.69, 9.17) is 4.74 Å². The predicted octanol–water partition coefficient (Wildman–Crippen LogP) is 4.05. The van der Waals surface area contributed by atoms with E-state index >= 15 is 0 Å². The van der Waals surface area contributed by atoms with E-state index < -0.39 is 18.5 Å². The van der Waals surface area contributed by atoms with Gasteiger partial charge in [-0.15, -0.1) is 0 Å². The summed E-state index contributed by atoms with van der Waals surface area (Å²) in [6.07, 6.45) is -0.286. The number of nitrogens with one attached hydrogen (secondary N) is 2. The number of anilines is 1. The summed E-state index contributed by atoms with van der Waals surface area (Å²) in [5.74, 6) is -1.10. The van der Waals surface area contributed by atoms with Crippen LogP contribution in [0.5, 0.6) is 5.75 Å². The lowest BCUT2D eigenvalue weighted by Crippen LogP contribution is -2.15. The van der Waals surface area contributed by atoms with Gasteiger partial charge in [0.1, 0.15) is 11.4 Å². The molecule has 8 heteroatoms. The van der Waals surface area contributed by atoms with Crippen LogP contribution in [0.25, 0.3) is 0 Å². The zero-order valence-electron chi connectivity index (χ0n) is 14.9. The molecule has 2 rings (SSSR count). The summed E-state index contributed by atoms with van der Waals surface area (Å²) < 4.78 is 34.1. The Morgan fingerprint density at radius 2 is 1.88 bits per heavy atom. The van der Waals surface area contributed by atoms with Gasteiger partial charge in [-0.05, 0) is 45.4 Å². The van der Waals surface area contributed by atoms with Crippen molar-refractivity contribution in [1.82, 2.24) is 4.98 Å². The molecule has 1 aromatic carbocycles. The molecule has 0 aliphatic heterocycles. The number of esters is 1. The fourth-order valence-electron chi connectivity index (χ4n) is 2.50. The first-order valence-electron chi connectivity index (χ1n) is 7.95. The quantitative estimate of drug-likeness (QED) is 0.756. The van der Waals surface area contributed by atoms with E-state index in [-0.39, 0.29) is 23.2 Å². The third-order valence-corrected chi connectivity index (χ3v) is 3.53. The molecular weight excluding hydrogens is 346 g/mol. The van der Waals surface area contributed by atoms with Crippen molar-refractivity contribution in [3.8, 4) is 5.75 Å². The molecule has 2 aromatic rings. The second kappa shape index (κ2) is 7.99. The van der Waals surface area contributed by atoms with Crippen molar-refractivity contribution in [1.29, 1.82) is 0 Å². The van der Waals surface area contributed by atoms with Crippen molar-refractivity contribution in [3.63, 3.8) is 0 Å². The first kappa shape index (κ1) is 19.4. The largest absolute Gasteiger partial charge is 0.459 e. The van der Waals surface area contributed by atoms with E-state index in [1.165, 1.54) is 24.3 Å². The Labute approximate surface area is 149 Å². The molecule has 0 saturated carbocycles. The first-order valence-corrected chi connectivity index (χ1v) is 7.95. The number of benzene rings is 1. The minimum atomic E-state index is -2.95. The van der Waals surface area contributed by atoms with Gasteiger partial charge in [-0.3, -0.25) is 4.79 Å². The van der Waals surface area contributed by atoms with Crippen LogP contribution in [0.3, 0.4) is 0 Å². The maximum atomic E-state index is 12.5. The molecule has 0 bridgehead atoms. The summed E-state index contributed by atoms with van der Waals surface area (Å²) in [5, 5.41) is 2.59. The van der Waals surface area contributed by atoms with E-state index in [0.29, 0.717) is 16.8 Å². The summed E-state index contributed by atoms with van der Waals surface area (Å²) >= 11 is 0. The Morgan fingerprint density at radius 1 is 1.19 bits per heavy atom. The molecule has 1 heterocycles. The Kier molecular flexibility index (Phi) is 5.97. The van der Waals surface area contributed by atoms with Crippen molar-refractivity contribution in [2.24, 2.45) is 0 Å². The number of aromatic nitrogens is 1. The van der Waals surface area contributed by atoms with Gasteiger partial charge in [0.15, 0.2) is 0 Å². The number of alkyl halides is 2. The van der Waals surface area contributed by atoms with Gasteiger partial charge in [0.2, 0.25) is 0 Å². The Morgan fingerprint density at radius 3 is 2.50 bits per heavy atom. The van der Waals surface area contributed by atoms with Crippen LogP contribution in [0.15, 0.2) is 24.3 Å². The fourth-order valence-corrected chi connectivity index (χ4v) is 2.50. The van der Waals surface area contributed by atoms with Crippen molar-refractivity contribution >= 4 is 17.6 Å². The van der Waals surface area contributed by atoms with Crippen LogP contribution < -0.4 is 10.1 Å². The van der Waals surface area contributed by atoms with E-state index in [0.717, 1.165) is 0 Å². The number of amides is 1. The van der Waals surface area contributed by atoms with Crippen LogP contribution in [0, 0.1) is 13.8 Å². The molecule has 0 spiro atoms. The number of rotatable bonds is 6. The Bertz CT molecular complexity index is 816. The van der Waals surface area contributed by atoms with Crippen LogP contribution in [-0.4, -0.2) is 29.6 Å². The molecule has 0 unspecified atom stereocenters. The number of carbonyl (C=O) groups excluding carboxylic acids is 2. The van der Waals surface area contributed by atoms with Crippen molar-refractivity contribution in [2.45, 2.75) is 40.4 Å². The highest BCUT2D eigenvalue weighted by Crippen LogP contribution is 2.23. The number of aromatic amines is 1. The molecule has 0 atom stereocenters. The number of hydrogen-bond donors (Lipinski definition) is 2. The average Bonchev–Trinajstić information content (AvgIpc) is 2.81. The van der Waals surface area contributed by atoms with Gasteiger partial charge in [-0.25, -0.2) is 4.79 Å². The molecule has 0 saturated heterocycles. The highest BCUT2D eigenvalue weighted by molar-refractivity contribution is 6.06. The topological polar surface area (TPSA) is 80.4 Å². The highest BCUT2D eigenvalue weighted by atomic mass is 19.3. The van der Waals surface area contributed by atoms with Gasteiger partial charge >= 0.3 is 12.6 Å². The molecule has 6 nitrogen and oxygen atoms in total.